The summed E-state index contributed by atoms with van der Waals surface area (Å²) in [5.41, 5.74) is 2.51. The molecule has 0 aromatic heterocycles. The summed E-state index contributed by atoms with van der Waals surface area (Å²) >= 11 is 0. The molecule has 1 atom stereocenters. The largest absolute Gasteiger partial charge is 0.479 e. The van der Waals surface area contributed by atoms with Crippen molar-refractivity contribution in [2.45, 2.75) is 26.3 Å². The van der Waals surface area contributed by atoms with Crippen LogP contribution in [0.15, 0.2) is 18.2 Å². The molecule has 0 fully saturated rings. The van der Waals surface area contributed by atoms with E-state index in [9.17, 15) is 14.7 Å². The lowest BCUT2D eigenvalue weighted by Gasteiger charge is -2.16. The molecule has 1 unspecified atom stereocenters. The monoisotopic (exact) mass is 265 g/mol. The minimum Gasteiger partial charge on any atom is -0.479 e. The second kappa shape index (κ2) is 6.89. The molecule has 1 aromatic rings. The average molecular weight is 265 g/mol. The van der Waals surface area contributed by atoms with Crippen LogP contribution in [0.4, 0.5) is 0 Å². The van der Waals surface area contributed by atoms with Gasteiger partial charge >= 0.3 is 5.97 Å². The molecule has 0 aliphatic carbocycles. The first-order valence-corrected chi connectivity index (χ1v) is 6.03. The molecule has 0 saturated heterocycles. The highest BCUT2D eigenvalue weighted by Gasteiger charge is 2.22. The maximum absolute atomic E-state index is 11.6. The number of nitrogens with one attached hydrogen (secondary N) is 1. The van der Waals surface area contributed by atoms with Crippen LogP contribution in [0.2, 0.25) is 0 Å². The Morgan fingerprint density at radius 1 is 1.26 bits per heavy atom. The second-order valence-corrected chi connectivity index (χ2v) is 4.50. The fourth-order valence-electron chi connectivity index (χ4n) is 1.89. The molecular weight excluding hydrogens is 246 g/mol. The summed E-state index contributed by atoms with van der Waals surface area (Å²) in [6, 6.07) is 4.46. The predicted octanol–water partition coefficient (Wildman–Crippen LogP) is 1.58. The Labute approximate surface area is 112 Å². The van der Waals surface area contributed by atoms with Crippen molar-refractivity contribution in [2.24, 2.45) is 0 Å². The molecule has 0 heterocycles. The van der Waals surface area contributed by atoms with Crippen molar-refractivity contribution in [3.8, 4) is 0 Å². The molecule has 1 amide bonds. The normalized spacial score (nSPS) is 11.9. The number of carboxylic acids is 1. The van der Waals surface area contributed by atoms with Crippen molar-refractivity contribution in [2.75, 3.05) is 13.7 Å². The van der Waals surface area contributed by atoms with Crippen LogP contribution in [-0.2, 0) is 14.3 Å². The minimum atomic E-state index is -1.07. The smallest absolute Gasteiger partial charge is 0.330 e. The van der Waals surface area contributed by atoms with E-state index in [1.54, 1.807) is 12.1 Å². The van der Waals surface area contributed by atoms with Crippen molar-refractivity contribution in [1.29, 1.82) is 0 Å². The Morgan fingerprint density at radius 3 is 2.32 bits per heavy atom. The number of carbonyl (C=O) groups is 2. The highest BCUT2D eigenvalue weighted by atomic mass is 16.5. The van der Waals surface area contributed by atoms with E-state index in [0.29, 0.717) is 5.56 Å². The Morgan fingerprint density at radius 2 is 1.84 bits per heavy atom. The van der Waals surface area contributed by atoms with E-state index in [2.05, 4.69) is 5.32 Å². The topological polar surface area (TPSA) is 75.6 Å². The Bertz CT molecular complexity index is 450. The zero-order chi connectivity index (χ0) is 14.4. The van der Waals surface area contributed by atoms with Gasteiger partial charge in [-0.1, -0.05) is 29.3 Å². The number of benzene rings is 1. The molecule has 104 valence electrons. The lowest BCUT2D eigenvalue weighted by Crippen LogP contribution is -2.34. The molecule has 5 heteroatoms. The van der Waals surface area contributed by atoms with E-state index in [4.69, 9.17) is 4.74 Å². The van der Waals surface area contributed by atoms with Gasteiger partial charge in [-0.15, -0.1) is 0 Å². The van der Waals surface area contributed by atoms with Crippen LogP contribution in [0, 0.1) is 13.8 Å². The summed E-state index contributed by atoms with van der Waals surface area (Å²) in [7, 11) is 1.49. The molecule has 5 nitrogen and oxygen atoms in total. The molecule has 0 saturated carbocycles. The fraction of sp³-hybridized carbons (Fsp3) is 0.429. The maximum Gasteiger partial charge on any atom is 0.330 e. The van der Waals surface area contributed by atoms with Gasteiger partial charge in [-0.05, 0) is 19.4 Å². The second-order valence-electron chi connectivity index (χ2n) is 4.50. The Balaban J connectivity index is 2.88. The van der Waals surface area contributed by atoms with Crippen LogP contribution < -0.4 is 5.32 Å². The standard InChI is InChI=1S/C14H19NO4/c1-9-6-10(2)8-11(7-9)13(14(17)18)15-12(16)4-5-19-3/h6-8,13H,4-5H2,1-3H3,(H,15,16)(H,17,18). The zero-order valence-electron chi connectivity index (χ0n) is 11.4. The van der Waals surface area contributed by atoms with Gasteiger partial charge in [0.05, 0.1) is 6.61 Å². The number of hydrogen-bond acceptors (Lipinski definition) is 3. The number of methoxy groups -OCH3 is 1. The quantitative estimate of drug-likeness (QED) is 0.819. The van der Waals surface area contributed by atoms with E-state index in [-0.39, 0.29) is 18.9 Å². The summed E-state index contributed by atoms with van der Waals surface area (Å²) in [5.74, 6) is -1.41. The van der Waals surface area contributed by atoms with Gasteiger partial charge in [0.25, 0.3) is 0 Å². The number of rotatable bonds is 6. The van der Waals surface area contributed by atoms with E-state index >= 15 is 0 Å². The molecule has 1 aromatic carbocycles. The fourth-order valence-corrected chi connectivity index (χ4v) is 1.89. The van der Waals surface area contributed by atoms with Gasteiger partial charge in [0, 0.05) is 13.5 Å². The highest BCUT2D eigenvalue weighted by molar-refractivity contribution is 5.84. The minimum absolute atomic E-state index is 0.144. The lowest BCUT2D eigenvalue weighted by atomic mass is 10.0. The van der Waals surface area contributed by atoms with Gasteiger partial charge in [-0.25, -0.2) is 4.79 Å². The van der Waals surface area contributed by atoms with Crippen molar-refractivity contribution >= 4 is 11.9 Å². The maximum atomic E-state index is 11.6. The van der Waals surface area contributed by atoms with Crippen LogP contribution in [0.5, 0.6) is 0 Å². The van der Waals surface area contributed by atoms with Crippen molar-refractivity contribution in [3.05, 3.63) is 34.9 Å². The predicted molar refractivity (Wildman–Crippen MR) is 70.9 cm³/mol. The number of aryl methyl sites for hydroxylation is 2. The molecule has 19 heavy (non-hydrogen) atoms. The summed E-state index contributed by atoms with van der Waals surface area (Å²) < 4.78 is 4.79. The number of ether oxygens (including phenoxy) is 1. The highest BCUT2D eigenvalue weighted by Crippen LogP contribution is 2.17. The zero-order valence-corrected chi connectivity index (χ0v) is 11.4. The molecule has 0 spiro atoms. The SMILES string of the molecule is COCCC(=O)NC(C(=O)O)c1cc(C)cc(C)c1. The van der Waals surface area contributed by atoms with Gasteiger partial charge in [0.1, 0.15) is 0 Å². The van der Waals surface area contributed by atoms with Crippen LogP contribution in [0.1, 0.15) is 29.2 Å². The number of carbonyl (C=O) groups excluding carboxylic acids is 1. The van der Waals surface area contributed by atoms with Crippen molar-refractivity contribution in [3.63, 3.8) is 0 Å². The first-order chi connectivity index (χ1) is 8.93. The van der Waals surface area contributed by atoms with Crippen LogP contribution in [0.25, 0.3) is 0 Å². The van der Waals surface area contributed by atoms with Crippen LogP contribution in [0.3, 0.4) is 0 Å². The Hall–Kier alpha value is -1.88. The summed E-state index contributed by atoms with van der Waals surface area (Å²) in [4.78, 5) is 22.9. The van der Waals surface area contributed by atoms with E-state index in [1.165, 1.54) is 7.11 Å². The van der Waals surface area contributed by atoms with Gasteiger partial charge in [-0.3, -0.25) is 4.79 Å². The van der Waals surface area contributed by atoms with Gasteiger partial charge in [0.15, 0.2) is 6.04 Å². The number of carboxylic acid groups (broad SMARTS) is 1. The third kappa shape index (κ3) is 4.71. The van der Waals surface area contributed by atoms with Gasteiger partial charge in [-0.2, -0.15) is 0 Å². The number of aliphatic carboxylic acids is 1. The third-order valence-electron chi connectivity index (χ3n) is 2.66. The van der Waals surface area contributed by atoms with E-state index < -0.39 is 12.0 Å². The van der Waals surface area contributed by atoms with Crippen molar-refractivity contribution < 1.29 is 19.4 Å². The first-order valence-electron chi connectivity index (χ1n) is 6.03. The average Bonchev–Trinajstić information content (AvgIpc) is 2.31. The molecule has 0 aliphatic rings. The number of amides is 1. The molecule has 2 N–H and O–H groups in total. The van der Waals surface area contributed by atoms with Crippen LogP contribution >= 0.6 is 0 Å². The Kier molecular flexibility index (Phi) is 5.51. The van der Waals surface area contributed by atoms with Gasteiger partial charge in [0.2, 0.25) is 5.91 Å². The summed E-state index contributed by atoms with van der Waals surface area (Å²) in [5, 5.41) is 11.7. The first kappa shape index (κ1) is 15.2. The number of hydrogen-bond donors (Lipinski definition) is 2. The molecule has 0 radical (unpaired) electrons. The molecular formula is C14H19NO4. The van der Waals surface area contributed by atoms with Crippen molar-refractivity contribution in [1.82, 2.24) is 5.32 Å². The molecule has 1 rings (SSSR count). The van der Waals surface area contributed by atoms with E-state index in [1.807, 2.05) is 19.9 Å². The lowest BCUT2D eigenvalue weighted by molar-refractivity contribution is -0.142. The van der Waals surface area contributed by atoms with Gasteiger partial charge < -0.3 is 15.2 Å². The van der Waals surface area contributed by atoms with Crippen LogP contribution in [-0.4, -0.2) is 30.7 Å². The molecule has 0 aliphatic heterocycles. The summed E-state index contributed by atoms with van der Waals surface area (Å²) in [6.45, 7) is 4.05. The third-order valence-corrected chi connectivity index (χ3v) is 2.66. The molecule has 0 bridgehead atoms. The van der Waals surface area contributed by atoms with E-state index in [0.717, 1.165) is 11.1 Å². The summed E-state index contributed by atoms with van der Waals surface area (Å²) in [6.07, 6.45) is 0.144.